The summed E-state index contributed by atoms with van der Waals surface area (Å²) in [7, 11) is 0. The maximum absolute atomic E-state index is 12.1. The van der Waals surface area contributed by atoms with Crippen molar-refractivity contribution in [3.63, 3.8) is 0 Å². The van der Waals surface area contributed by atoms with Gasteiger partial charge in [-0.2, -0.15) is 5.10 Å². The van der Waals surface area contributed by atoms with E-state index in [2.05, 4.69) is 10.4 Å². The molecule has 0 aliphatic heterocycles. The van der Waals surface area contributed by atoms with Crippen LogP contribution in [0, 0.1) is 24.0 Å². The number of nitro groups is 1. The minimum Gasteiger partial charge on any atom is -0.491 e. The lowest BCUT2D eigenvalue weighted by Gasteiger charge is -2.15. The van der Waals surface area contributed by atoms with Crippen LogP contribution in [0.25, 0.3) is 0 Å². The summed E-state index contributed by atoms with van der Waals surface area (Å²) in [5, 5.41) is 17.8. The number of aromatic nitrogens is 2. The maximum atomic E-state index is 12.1. The first-order valence-corrected chi connectivity index (χ1v) is 7.54. The van der Waals surface area contributed by atoms with Gasteiger partial charge in [0, 0.05) is 0 Å². The average molecular weight is 332 g/mol. The molecule has 2 rings (SSSR count). The molecule has 1 amide bonds. The second-order valence-electron chi connectivity index (χ2n) is 5.53. The third-order valence-electron chi connectivity index (χ3n) is 3.47. The lowest BCUT2D eigenvalue weighted by atomic mass is 10.3. The highest BCUT2D eigenvalue weighted by Gasteiger charge is 2.23. The maximum Gasteiger partial charge on any atom is 0.312 e. The number of ether oxygens (including phenoxy) is 1. The summed E-state index contributed by atoms with van der Waals surface area (Å²) >= 11 is 0. The minimum atomic E-state index is -0.484. The van der Waals surface area contributed by atoms with Crippen molar-refractivity contribution in [3.8, 4) is 5.75 Å². The standard InChI is InChI=1S/C16H20N4O4/c1-11(10-24-14-7-5-4-6-8-14)17-15(21)9-19-13(3)16(20(22)23)12(2)18-19/h4-8,11H,9-10H2,1-3H3,(H,17,21)/t11-/m0/s1. The Morgan fingerprint density at radius 3 is 2.62 bits per heavy atom. The van der Waals surface area contributed by atoms with E-state index in [1.54, 1.807) is 13.8 Å². The first-order valence-electron chi connectivity index (χ1n) is 7.54. The first-order chi connectivity index (χ1) is 11.4. The fourth-order valence-corrected chi connectivity index (χ4v) is 2.34. The SMILES string of the molecule is Cc1nn(CC(=O)N[C@@H](C)COc2ccccc2)c(C)c1[N+](=O)[O-]. The molecule has 24 heavy (non-hydrogen) atoms. The molecule has 0 fully saturated rings. The Hall–Kier alpha value is -2.90. The largest absolute Gasteiger partial charge is 0.491 e. The van der Waals surface area contributed by atoms with Gasteiger partial charge in [-0.3, -0.25) is 19.6 Å². The molecule has 0 unspecified atom stereocenters. The minimum absolute atomic E-state index is 0.0525. The van der Waals surface area contributed by atoms with Gasteiger partial charge in [0.05, 0.1) is 11.0 Å². The van der Waals surface area contributed by atoms with Crippen LogP contribution in [-0.2, 0) is 11.3 Å². The average Bonchev–Trinajstić information content (AvgIpc) is 2.80. The Bertz CT molecular complexity index is 727. The molecule has 8 nitrogen and oxygen atoms in total. The van der Waals surface area contributed by atoms with Crippen molar-refractivity contribution in [1.82, 2.24) is 15.1 Å². The normalized spacial score (nSPS) is 11.8. The molecule has 0 aliphatic carbocycles. The number of carbonyl (C=O) groups excluding carboxylic acids is 1. The lowest BCUT2D eigenvalue weighted by Crippen LogP contribution is -2.39. The van der Waals surface area contributed by atoms with Crippen LogP contribution in [0.5, 0.6) is 5.75 Å². The molecule has 1 aromatic heterocycles. The summed E-state index contributed by atoms with van der Waals surface area (Å²) in [6.45, 7) is 5.21. The summed E-state index contributed by atoms with van der Waals surface area (Å²) in [6.07, 6.45) is 0. The van der Waals surface area contributed by atoms with Crippen molar-refractivity contribution in [2.45, 2.75) is 33.4 Å². The zero-order chi connectivity index (χ0) is 17.7. The Balaban J connectivity index is 1.89. The molecule has 0 bridgehead atoms. The van der Waals surface area contributed by atoms with Gasteiger partial charge in [0.25, 0.3) is 0 Å². The van der Waals surface area contributed by atoms with Gasteiger partial charge in [0.2, 0.25) is 5.91 Å². The van der Waals surface area contributed by atoms with Gasteiger partial charge >= 0.3 is 5.69 Å². The van der Waals surface area contributed by atoms with Crippen molar-refractivity contribution in [3.05, 3.63) is 51.8 Å². The van der Waals surface area contributed by atoms with E-state index in [0.29, 0.717) is 18.0 Å². The van der Waals surface area contributed by atoms with E-state index in [1.165, 1.54) is 4.68 Å². The number of amides is 1. The van der Waals surface area contributed by atoms with Crippen molar-refractivity contribution in [2.24, 2.45) is 0 Å². The molecule has 0 aliphatic rings. The summed E-state index contributed by atoms with van der Waals surface area (Å²) in [4.78, 5) is 22.6. The number of benzene rings is 1. The van der Waals surface area contributed by atoms with Gasteiger partial charge in [0.15, 0.2) is 0 Å². The molecule has 2 aromatic rings. The first kappa shape index (κ1) is 17.5. The molecular formula is C16H20N4O4. The van der Waals surface area contributed by atoms with Crippen LogP contribution in [0.15, 0.2) is 30.3 Å². The van der Waals surface area contributed by atoms with E-state index >= 15 is 0 Å². The van der Waals surface area contributed by atoms with E-state index in [0.717, 1.165) is 5.75 Å². The van der Waals surface area contributed by atoms with E-state index < -0.39 is 4.92 Å². The van der Waals surface area contributed by atoms with Crippen molar-refractivity contribution < 1.29 is 14.5 Å². The summed E-state index contributed by atoms with van der Waals surface area (Å²) < 4.78 is 6.91. The monoisotopic (exact) mass is 332 g/mol. The number of aryl methyl sites for hydroxylation is 1. The van der Waals surface area contributed by atoms with Gasteiger partial charge in [-0.15, -0.1) is 0 Å². The molecular weight excluding hydrogens is 312 g/mol. The van der Waals surface area contributed by atoms with Crippen molar-refractivity contribution in [2.75, 3.05) is 6.61 Å². The molecule has 1 heterocycles. The molecule has 0 spiro atoms. The fourth-order valence-electron chi connectivity index (χ4n) is 2.34. The Kier molecular flexibility index (Phi) is 5.51. The second-order valence-corrected chi connectivity index (χ2v) is 5.53. The lowest BCUT2D eigenvalue weighted by molar-refractivity contribution is -0.386. The summed E-state index contributed by atoms with van der Waals surface area (Å²) in [5.41, 5.74) is 0.606. The molecule has 0 saturated heterocycles. The van der Waals surface area contributed by atoms with E-state index in [-0.39, 0.29) is 24.2 Å². The van der Waals surface area contributed by atoms with Crippen molar-refractivity contribution >= 4 is 11.6 Å². The summed E-state index contributed by atoms with van der Waals surface area (Å²) in [5.74, 6) is 0.451. The van der Waals surface area contributed by atoms with Crippen LogP contribution < -0.4 is 10.1 Å². The second kappa shape index (κ2) is 7.58. The number of hydrogen-bond acceptors (Lipinski definition) is 5. The van der Waals surface area contributed by atoms with Gasteiger partial charge in [0.1, 0.15) is 30.3 Å². The van der Waals surface area contributed by atoms with E-state index in [9.17, 15) is 14.9 Å². The zero-order valence-corrected chi connectivity index (χ0v) is 13.9. The van der Waals surface area contributed by atoms with Crippen LogP contribution in [0.4, 0.5) is 5.69 Å². The van der Waals surface area contributed by atoms with Gasteiger partial charge in [-0.25, -0.2) is 0 Å². The quantitative estimate of drug-likeness (QED) is 0.617. The van der Waals surface area contributed by atoms with Gasteiger partial charge in [-0.05, 0) is 32.9 Å². The highest BCUT2D eigenvalue weighted by Crippen LogP contribution is 2.21. The third-order valence-corrected chi connectivity index (χ3v) is 3.47. The molecule has 1 atom stereocenters. The molecule has 8 heteroatoms. The van der Waals surface area contributed by atoms with Crippen LogP contribution >= 0.6 is 0 Å². The number of nitrogens with zero attached hydrogens (tertiary/aromatic N) is 3. The number of para-hydroxylation sites is 1. The summed E-state index contributed by atoms with van der Waals surface area (Å²) in [6, 6.07) is 9.10. The number of nitrogens with one attached hydrogen (secondary N) is 1. The highest BCUT2D eigenvalue weighted by atomic mass is 16.6. The zero-order valence-electron chi connectivity index (χ0n) is 13.9. The number of carbonyl (C=O) groups is 1. The predicted molar refractivity (Wildman–Crippen MR) is 87.9 cm³/mol. The van der Waals surface area contributed by atoms with Crippen LogP contribution in [0.1, 0.15) is 18.3 Å². The smallest absolute Gasteiger partial charge is 0.312 e. The third kappa shape index (κ3) is 4.31. The predicted octanol–water partition coefficient (Wildman–Crippen LogP) is 1.99. The molecule has 128 valence electrons. The Morgan fingerprint density at radius 1 is 1.38 bits per heavy atom. The van der Waals surface area contributed by atoms with E-state index in [1.807, 2.05) is 37.3 Å². The number of hydrogen-bond donors (Lipinski definition) is 1. The number of rotatable bonds is 7. The van der Waals surface area contributed by atoms with Crippen LogP contribution in [-0.4, -0.2) is 33.3 Å². The molecule has 1 aromatic carbocycles. The molecule has 0 saturated carbocycles. The molecule has 1 N–H and O–H groups in total. The van der Waals surface area contributed by atoms with Gasteiger partial charge < -0.3 is 10.1 Å². The van der Waals surface area contributed by atoms with E-state index in [4.69, 9.17) is 4.74 Å². The van der Waals surface area contributed by atoms with Crippen LogP contribution in [0.2, 0.25) is 0 Å². The Labute approximate surface area is 139 Å². The fraction of sp³-hybridized carbons (Fsp3) is 0.375. The molecule has 0 radical (unpaired) electrons. The van der Waals surface area contributed by atoms with Crippen LogP contribution in [0.3, 0.4) is 0 Å². The van der Waals surface area contributed by atoms with Gasteiger partial charge in [-0.1, -0.05) is 18.2 Å². The van der Waals surface area contributed by atoms with Crippen molar-refractivity contribution in [1.29, 1.82) is 0 Å². The highest BCUT2D eigenvalue weighted by molar-refractivity contribution is 5.76. The Morgan fingerprint density at radius 2 is 2.04 bits per heavy atom. The topological polar surface area (TPSA) is 99.3 Å².